The molecule has 6 rings (SSSR count). The summed E-state index contributed by atoms with van der Waals surface area (Å²) in [6.45, 7) is 9.87. The number of pyridine rings is 1. The number of nitrogens with zero attached hydrogens (tertiary/aromatic N) is 4. The molecule has 0 bridgehead atoms. The number of nitrogens with one attached hydrogen (secondary N) is 1. The molecule has 2 amide bonds. The van der Waals surface area contributed by atoms with Gasteiger partial charge in [0, 0.05) is 62.0 Å². The number of carbonyl (C=O) groups excluding carboxylic acids is 2. The first-order valence-corrected chi connectivity index (χ1v) is 14.1. The molecule has 8 heteroatoms. The predicted octanol–water partition coefficient (Wildman–Crippen LogP) is 3.75. The number of aromatic nitrogens is 1. The zero-order chi connectivity index (χ0) is 28.0. The van der Waals surface area contributed by atoms with Gasteiger partial charge in [-0.05, 0) is 54.3 Å². The van der Waals surface area contributed by atoms with Crippen LogP contribution < -0.4 is 10.2 Å². The first kappa shape index (κ1) is 26.6. The molecular formula is C32H36FN5O2. The van der Waals surface area contributed by atoms with E-state index >= 15 is 0 Å². The largest absolute Gasteiger partial charge is 0.333 e. The Balaban J connectivity index is 1.19. The third-order valence-electron chi connectivity index (χ3n) is 8.42. The van der Waals surface area contributed by atoms with Crippen LogP contribution in [0.15, 0.2) is 60.8 Å². The zero-order valence-corrected chi connectivity index (χ0v) is 23.4. The average Bonchev–Trinajstić information content (AvgIpc) is 3.39. The molecule has 0 aliphatic carbocycles. The van der Waals surface area contributed by atoms with Crippen molar-refractivity contribution in [3.05, 3.63) is 94.6 Å². The van der Waals surface area contributed by atoms with Crippen LogP contribution in [0.3, 0.4) is 0 Å². The summed E-state index contributed by atoms with van der Waals surface area (Å²) in [6, 6.07) is 16.6. The number of hydrogen-bond acceptors (Lipinski definition) is 5. The maximum absolute atomic E-state index is 13.9. The topological polar surface area (TPSA) is 68.8 Å². The summed E-state index contributed by atoms with van der Waals surface area (Å²) in [6.07, 6.45) is 2.49. The van der Waals surface area contributed by atoms with Crippen LogP contribution in [-0.4, -0.2) is 71.4 Å². The fourth-order valence-electron chi connectivity index (χ4n) is 6.32. The minimum absolute atomic E-state index is 0.0384. The Hall–Kier alpha value is -3.62. The van der Waals surface area contributed by atoms with Crippen LogP contribution in [0.25, 0.3) is 0 Å². The first-order chi connectivity index (χ1) is 19.2. The lowest BCUT2D eigenvalue weighted by Crippen LogP contribution is -2.60. The second-order valence-electron chi connectivity index (χ2n) is 12.1. The summed E-state index contributed by atoms with van der Waals surface area (Å²) in [4.78, 5) is 37.8. The minimum Gasteiger partial charge on any atom is -0.333 e. The molecule has 2 atom stereocenters. The average molecular weight is 542 g/mol. The minimum atomic E-state index is -0.261. The van der Waals surface area contributed by atoms with Gasteiger partial charge < -0.3 is 15.1 Å². The lowest BCUT2D eigenvalue weighted by molar-refractivity contribution is -0.120. The molecule has 2 aromatic carbocycles. The van der Waals surface area contributed by atoms with Gasteiger partial charge in [-0.15, -0.1) is 0 Å². The number of amides is 2. The Morgan fingerprint density at radius 3 is 2.67 bits per heavy atom. The summed E-state index contributed by atoms with van der Waals surface area (Å²) in [7, 11) is 0. The van der Waals surface area contributed by atoms with Crippen molar-refractivity contribution in [2.75, 3.05) is 37.6 Å². The first-order valence-electron chi connectivity index (χ1n) is 14.1. The van der Waals surface area contributed by atoms with Gasteiger partial charge in [-0.1, -0.05) is 44.2 Å². The fourth-order valence-corrected chi connectivity index (χ4v) is 6.32. The number of carbonyl (C=O) groups is 2. The van der Waals surface area contributed by atoms with Crippen LogP contribution in [0.5, 0.6) is 0 Å². The number of fused-ring (bicyclic) bond motifs is 2. The third-order valence-corrected chi connectivity index (χ3v) is 8.42. The highest BCUT2D eigenvalue weighted by Crippen LogP contribution is 2.40. The Morgan fingerprint density at radius 2 is 1.90 bits per heavy atom. The number of piperazine rings is 1. The van der Waals surface area contributed by atoms with E-state index in [4.69, 9.17) is 4.98 Å². The molecule has 0 radical (unpaired) electrons. The Labute approximate surface area is 235 Å². The Morgan fingerprint density at radius 1 is 1.12 bits per heavy atom. The highest BCUT2D eigenvalue weighted by molar-refractivity contribution is 5.98. The van der Waals surface area contributed by atoms with Gasteiger partial charge in [0.2, 0.25) is 5.91 Å². The van der Waals surface area contributed by atoms with Crippen LogP contribution in [-0.2, 0) is 23.2 Å². The van der Waals surface area contributed by atoms with Crippen LogP contribution in [0, 0.1) is 5.82 Å². The van der Waals surface area contributed by atoms with E-state index in [2.05, 4.69) is 37.1 Å². The van der Waals surface area contributed by atoms with Crippen LogP contribution in [0.4, 0.5) is 10.1 Å². The van der Waals surface area contributed by atoms with Gasteiger partial charge in [0.1, 0.15) is 5.82 Å². The van der Waals surface area contributed by atoms with E-state index in [1.165, 1.54) is 12.1 Å². The van der Waals surface area contributed by atoms with Crippen LogP contribution in [0.2, 0.25) is 0 Å². The number of anilines is 1. The van der Waals surface area contributed by atoms with Crippen molar-refractivity contribution in [1.82, 2.24) is 20.1 Å². The molecule has 2 unspecified atom stereocenters. The Kier molecular flexibility index (Phi) is 6.92. The second kappa shape index (κ2) is 10.4. The van der Waals surface area contributed by atoms with Gasteiger partial charge in [0.05, 0.1) is 17.9 Å². The molecule has 40 heavy (non-hydrogen) atoms. The molecule has 0 spiro atoms. The van der Waals surface area contributed by atoms with Gasteiger partial charge in [0.25, 0.3) is 5.91 Å². The normalized spacial score (nSPS) is 21.9. The molecular weight excluding hydrogens is 505 g/mol. The van der Waals surface area contributed by atoms with Gasteiger partial charge >= 0.3 is 0 Å². The number of halogens is 1. The van der Waals surface area contributed by atoms with E-state index in [-0.39, 0.29) is 41.7 Å². The standard InChI is InChI=1S/C32H36FN5O2/c1-21-16-36(26(15-34-21)18-37-17-24-6-4-5-7-27(24)31(37)40)19-29(39)38-20-32(2,3)30-28(38)13-23(14-35-30)12-22-8-10-25(33)11-9-22/h4-11,13-14,21,26,34H,12,15-20H2,1-3H3. The van der Waals surface area contributed by atoms with Crippen molar-refractivity contribution in [1.29, 1.82) is 0 Å². The molecule has 1 fully saturated rings. The SMILES string of the molecule is CC1CN(CC(=O)N2CC(C)(C)c3ncc(Cc4ccc(F)cc4)cc32)C(CN2Cc3ccccc3C2=O)CN1. The van der Waals surface area contributed by atoms with Crippen molar-refractivity contribution in [2.24, 2.45) is 0 Å². The van der Waals surface area contributed by atoms with E-state index < -0.39 is 0 Å². The summed E-state index contributed by atoms with van der Waals surface area (Å²) < 4.78 is 13.4. The Bertz CT molecular complexity index is 1440. The van der Waals surface area contributed by atoms with Gasteiger partial charge in [-0.25, -0.2) is 4.39 Å². The molecule has 4 heterocycles. The molecule has 3 aliphatic rings. The molecule has 3 aromatic rings. The highest BCUT2D eigenvalue weighted by Gasteiger charge is 2.41. The number of benzene rings is 2. The van der Waals surface area contributed by atoms with E-state index in [1.807, 2.05) is 40.3 Å². The monoisotopic (exact) mass is 541 g/mol. The third kappa shape index (κ3) is 5.13. The van der Waals surface area contributed by atoms with Gasteiger partial charge in [-0.3, -0.25) is 19.5 Å². The van der Waals surface area contributed by atoms with E-state index in [0.717, 1.165) is 46.7 Å². The van der Waals surface area contributed by atoms with Crippen LogP contribution >= 0.6 is 0 Å². The number of rotatable bonds is 6. The van der Waals surface area contributed by atoms with E-state index in [0.29, 0.717) is 26.1 Å². The number of hydrogen-bond donors (Lipinski definition) is 1. The second-order valence-corrected chi connectivity index (χ2v) is 12.1. The molecule has 3 aliphatic heterocycles. The van der Waals surface area contributed by atoms with Gasteiger partial charge in [0.15, 0.2) is 0 Å². The van der Waals surface area contributed by atoms with E-state index in [1.54, 1.807) is 12.1 Å². The zero-order valence-electron chi connectivity index (χ0n) is 23.4. The van der Waals surface area contributed by atoms with Crippen molar-refractivity contribution < 1.29 is 14.0 Å². The molecule has 1 N–H and O–H groups in total. The maximum Gasteiger partial charge on any atom is 0.254 e. The van der Waals surface area contributed by atoms with Crippen molar-refractivity contribution in [2.45, 2.75) is 51.2 Å². The van der Waals surface area contributed by atoms with Gasteiger partial charge in [-0.2, -0.15) is 0 Å². The van der Waals surface area contributed by atoms with Crippen molar-refractivity contribution in [3.8, 4) is 0 Å². The van der Waals surface area contributed by atoms with Crippen LogP contribution in [0.1, 0.15) is 53.5 Å². The molecule has 0 saturated carbocycles. The quantitative estimate of drug-likeness (QED) is 0.515. The summed E-state index contributed by atoms with van der Waals surface area (Å²) in [5.74, 6) is -0.147. The molecule has 7 nitrogen and oxygen atoms in total. The lowest BCUT2D eigenvalue weighted by atomic mass is 9.91. The lowest BCUT2D eigenvalue weighted by Gasteiger charge is -2.41. The molecule has 1 aromatic heterocycles. The smallest absolute Gasteiger partial charge is 0.254 e. The summed E-state index contributed by atoms with van der Waals surface area (Å²) in [5.41, 5.74) is 5.35. The summed E-state index contributed by atoms with van der Waals surface area (Å²) >= 11 is 0. The fraction of sp³-hybridized carbons (Fsp3) is 0.406. The molecule has 1 saturated heterocycles. The maximum atomic E-state index is 13.9. The molecule has 208 valence electrons. The predicted molar refractivity (Wildman–Crippen MR) is 153 cm³/mol. The summed E-state index contributed by atoms with van der Waals surface area (Å²) in [5, 5.41) is 3.54. The highest BCUT2D eigenvalue weighted by atomic mass is 19.1. The van der Waals surface area contributed by atoms with Crippen molar-refractivity contribution >= 4 is 17.5 Å². The van der Waals surface area contributed by atoms with E-state index in [9.17, 15) is 14.0 Å². The van der Waals surface area contributed by atoms with Crippen molar-refractivity contribution in [3.63, 3.8) is 0 Å².